The zero-order valence-corrected chi connectivity index (χ0v) is 20.2. The van der Waals surface area contributed by atoms with E-state index in [-0.39, 0.29) is 23.1 Å². The second kappa shape index (κ2) is 10.5. The maximum absolute atomic E-state index is 12.8. The molecule has 36 heavy (non-hydrogen) atoms. The molecule has 2 heterocycles. The van der Waals surface area contributed by atoms with Gasteiger partial charge in [0.05, 0.1) is 23.0 Å². The summed E-state index contributed by atoms with van der Waals surface area (Å²) in [5.74, 6) is -1.09. The fraction of sp³-hybridized carbons (Fsp3) is 0.227. The van der Waals surface area contributed by atoms with E-state index in [1.807, 2.05) is 0 Å². The van der Waals surface area contributed by atoms with Crippen LogP contribution in [0.5, 0.6) is 5.75 Å². The summed E-state index contributed by atoms with van der Waals surface area (Å²) in [6.45, 7) is 1.17. The van der Waals surface area contributed by atoms with Crippen molar-refractivity contribution in [1.82, 2.24) is 9.80 Å². The first-order valence-corrected chi connectivity index (χ1v) is 12.8. The van der Waals surface area contributed by atoms with Crippen molar-refractivity contribution in [3.05, 3.63) is 69.1 Å². The lowest BCUT2D eigenvalue weighted by Crippen LogP contribution is -2.46. The Hall–Kier alpha value is -3.75. The van der Waals surface area contributed by atoms with E-state index < -0.39 is 36.8 Å². The Morgan fingerprint density at radius 1 is 1.14 bits per heavy atom. The molecular formula is C22H19N3O9S2. The van der Waals surface area contributed by atoms with Crippen LogP contribution >= 0.6 is 11.8 Å². The van der Waals surface area contributed by atoms with Gasteiger partial charge in [0.15, 0.2) is 0 Å². The van der Waals surface area contributed by atoms with Gasteiger partial charge >= 0.3 is 10.1 Å². The molecule has 4 rings (SSSR count). The van der Waals surface area contributed by atoms with Crippen molar-refractivity contribution >= 4 is 50.7 Å². The molecule has 0 spiro atoms. The SMILES string of the molecule is O=C(CN1C(=O)S/C(=C\c2cccc(OS(=O)(=O)c3cccc([N+](=O)[O-])c3)c2)C1=O)N1CCOCC1. The average Bonchev–Trinajstić information content (AvgIpc) is 3.11. The lowest BCUT2D eigenvalue weighted by atomic mass is 10.2. The molecule has 2 aliphatic heterocycles. The number of hydrogen-bond acceptors (Lipinski definition) is 10. The van der Waals surface area contributed by atoms with Crippen molar-refractivity contribution in [1.29, 1.82) is 0 Å². The third-order valence-electron chi connectivity index (χ3n) is 5.21. The summed E-state index contributed by atoms with van der Waals surface area (Å²) in [4.78, 5) is 49.9. The highest BCUT2D eigenvalue weighted by Crippen LogP contribution is 2.33. The second-order valence-electron chi connectivity index (χ2n) is 7.63. The van der Waals surface area contributed by atoms with E-state index in [9.17, 15) is 32.9 Å². The molecule has 2 fully saturated rings. The molecule has 0 radical (unpaired) electrons. The Labute approximate surface area is 209 Å². The molecule has 2 saturated heterocycles. The highest BCUT2D eigenvalue weighted by atomic mass is 32.2. The van der Waals surface area contributed by atoms with Crippen molar-refractivity contribution in [3.8, 4) is 5.75 Å². The summed E-state index contributed by atoms with van der Waals surface area (Å²) in [6, 6.07) is 10.2. The fourth-order valence-corrected chi connectivity index (χ4v) is 5.22. The monoisotopic (exact) mass is 533 g/mol. The van der Waals surface area contributed by atoms with Crippen LogP contribution < -0.4 is 4.18 Å². The van der Waals surface area contributed by atoms with Crippen molar-refractivity contribution in [3.63, 3.8) is 0 Å². The van der Waals surface area contributed by atoms with Gasteiger partial charge in [-0.3, -0.25) is 29.4 Å². The smallest absolute Gasteiger partial charge is 0.339 e. The number of imide groups is 1. The zero-order valence-electron chi connectivity index (χ0n) is 18.6. The van der Waals surface area contributed by atoms with Crippen LogP contribution in [0.1, 0.15) is 5.56 Å². The predicted octanol–water partition coefficient (Wildman–Crippen LogP) is 2.26. The van der Waals surface area contributed by atoms with Crippen LogP contribution in [-0.2, 0) is 24.4 Å². The summed E-state index contributed by atoms with van der Waals surface area (Å²) in [5, 5.41) is 10.4. The zero-order chi connectivity index (χ0) is 25.9. The number of morpholine rings is 1. The molecule has 188 valence electrons. The quantitative estimate of drug-likeness (QED) is 0.224. The van der Waals surface area contributed by atoms with E-state index in [2.05, 4.69) is 0 Å². The van der Waals surface area contributed by atoms with Gasteiger partial charge < -0.3 is 13.8 Å². The van der Waals surface area contributed by atoms with Crippen molar-refractivity contribution in [2.75, 3.05) is 32.8 Å². The molecule has 3 amide bonds. The second-order valence-corrected chi connectivity index (χ2v) is 10.2. The van der Waals surface area contributed by atoms with E-state index >= 15 is 0 Å². The number of carbonyl (C=O) groups is 3. The van der Waals surface area contributed by atoms with E-state index in [1.165, 1.54) is 41.3 Å². The third kappa shape index (κ3) is 5.72. The van der Waals surface area contributed by atoms with Crippen LogP contribution in [0.3, 0.4) is 0 Å². The highest BCUT2D eigenvalue weighted by molar-refractivity contribution is 8.18. The minimum Gasteiger partial charge on any atom is -0.379 e. The van der Waals surface area contributed by atoms with Gasteiger partial charge in [-0.15, -0.1) is 0 Å². The van der Waals surface area contributed by atoms with Crippen LogP contribution in [0.4, 0.5) is 10.5 Å². The topological polar surface area (TPSA) is 153 Å². The number of non-ortho nitro benzene ring substituents is 1. The van der Waals surface area contributed by atoms with E-state index in [0.717, 1.165) is 17.0 Å². The molecule has 0 N–H and O–H groups in total. The number of thioether (sulfide) groups is 1. The van der Waals surface area contributed by atoms with Gasteiger partial charge in [0.25, 0.3) is 16.8 Å². The summed E-state index contributed by atoms with van der Waals surface area (Å²) in [7, 11) is -4.38. The van der Waals surface area contributed by atoms with Crippen LogP contribution in [0, 0.1) is 10.1 Å². The Morgan fingerprint density at radius 2 is 1.86 bits per heavy atom. The molecule has 0 unspecified atom stereocenters. The van der Waals surface area contributed by atoms with Gasteiger partial charge in [-0.1, -0.05) is 18.2 Å². The average molecular weight is 534 g/mol. The largest absolute Gasteiger partial charge is 0.379 e. The van der Waals surface area contributed by atoms with Gasteiger partial charge in [0, 0.05) is 25.2 Å². The standard InChI is InChI=1S/C22H19N3O9S2/c26-20(23-7-9-33-10-8-23)14-24-21(27)19(35-22(24)28)12-15-3-1-5-17(11-15)34-36(31,32)18-6-2-4-16(13-18)25(29)30/h1-6,11-13H,7-10,14H2/b19-12-. The number of ether oxygens (including phenoxy) is 1. The van der Waals surface area contributed by atoms with Crippen LogP contribution in [0.2, 0.25) is 0 Å². The van der Waals surface area contributed by atoms with Crippen molar-refractivity contribution < 1.29 is 36.6 Å². The molecule has 2 aromatic carbocycles. The first-order valence-electron chi connectivity index (χ1n) is 10.5. The van der Waals surface area contributed by atoms with E-state index in [0.29, 0.717) is 43.6 Å². The first-order chi connectivity index (χ1) is 17.1. The summed E-state index contributed by atoms with van der Waals surface area (Å²) < 4.78 is 35.5. The van der Waals surface area contributed by atoms with E-state index in [1.54, 1.807) is 6.07 Å². The minimum atomic E-state index is -4.38. The molecule has 2 aliphatic rings. The van der Waals surface area contributed by atoms with Crippen molar-refractivity contribution in [2.45, 2.75) is 4.90 Å². The van der Waals surface area contributed by atoms with Crippen LogP contribution in [0.15, 0.2) is 58.3 Å². The number of nitro benzene ring substituents is 1. The number of nitrogens with zero attached hydrogens (tertiary/aromatic N) is 3. The molecule has 0 bridgehead atoms. The molecular weight excluding hydrogens is 514 g/mol. The number of carbonyl (C=O) groups excluding carboxylic acids is 3. The number of hydrogen-bond donors (Lipinski definition) is 0. The first kappa shape index (κ1) is 25.3. The normalized spacial score (nSPS) is 17.5. The number of amides is 3. The van der Waals surface area contributed by atoms with Gasteiger partial charge in [0.2, 0.25) is 5.91 Å². The van der Waals surface area contributed by atoms with Crippen molar-refractivity contribution in [2.24, 2.45) is 0 Å². The Bertz CT molecular complexity index is 1370. The Kier molecular flexibility index (Phi) is 7.37. The van der Waals surface area contributed by atoms with Gasteiger partial charge in [-0.2, -0.15) is 8.42 Å². The summed E-state index contributed by atoms with van der Waals surface area (Å²) >= 11 is 0.666. The van der Waals surface area contributed by atoms with Gasteiger partial charge in [-0.05, 0) is 41.6 Å². The maximum Gasteiger partial charge on any atom is 0.339 e. The van der Waals surface area contributed by atoms with E-state index in [4.69, 9.17) is 8.92 Å². The molecule has 14 heteroatoms. The Morgan fingerprint density at radius 3 is 2.58 bits per heavy atom. The molecule has 0 saturated carbocycles. The Balaban J connectivity index is 1.48. The third-order valence-corrected chi connectivity index (χ3v) is 7.36. The van der Waals surface area contributed by atoms with Gasteiger partial charge in [-0.25, -0.2) is 0 Å². The summed E-state index contributed by atoms with van der Waals surface area (Å²) in [6.07, 6.45) is 1.39. The van der Waals surface area contributed by atoms with Crippen LogP contribution in [-0.4, -0.2) is 73.0 Å². The summed E-state index contributed by atoms with van der Waals surface area (Å²) in [5.41, 5.74) is -0.0389. The minimum absolute atomic E-state index is 0.0634. The molecule has 2 aromatic rings. The predicted molar refractivity (Wildman–Crippen MR) is 127 cm³/mol. The molecule has 0 aromatic heterocycles. The van der Waals surface area contributed by atoms with Crippen LogP contribution in [0.25, 0.3) is 6.08 Å². The number of benzene rings is 2. The van der Waals surface area contributed by atoms with Gasteiger partial charge in [0.1, 0.15) is 17.2 Å². The fourth-order valence-electron chi connectivity index (χ4n) is 3.42. The number of rotatable bonds is 7. The number of nitro groups is 1. The highest BCUT2D eigenvalue weighted by Gasteiger charge is 2.37. The molecule has 12 nitrogen and oxygen atoms in total. The molecule has 0 atom stereocenters. The lowest BCUT2D eigenvalue weighted by molar-refractivity contribution is -0.385. The maximum atomic E-state index is 12.8. The molecule has 0 aliphatic carbocycles. The lowest BCUT2D eigenvalue weighted by Gasteiger charge is -2.28.